The van der Waals surface area contributed by atoms with Crippen molar-refractivity contribution in [3.05, 3.63) is 0 Å². The number of alkyl halides is 12. The van der Waals surface area contributed by atoms with Gasteiger partial charge in [-0.25, -0.2) is 4.39 Å². The fourth-order valence-electron chi connectivity index (χ4n) is 1.41. The molecule has 1 unspecified atom stereocenters. The zero-order chi connectivity index (χ0) is 20.7. The van der Waals surface area contributed by atoms with Crippen LogP contribution in [0.1, 0.15) is 19.3 Å². The van der Waals surface area contributed by atoms with E-state index in [1.165, 1.54) is 0 Å². The monoisotopic (exact) mass is 441 g/mol. The van der Waals surface area contributed by atoms with Crippen LogP contribution in [-0.4, -0.2) is 48.3 Å². The molecular formula is C9H11F12NO3S. The molecule has 0 aliphatic heterocycles. The molecule has 4 nitrogen and oxygen atoms in total. The smallest absolute Gasteiger partial charge is 0.344 e. The van der Waals surface area contributed by atoms with E-state index in [1.807, 2.05) is 0 Å². The van der Waals surface area contributed by atoms with Crippen LogP contribution in [0.3, 0.4) is 0 Å². The van der Waals surface area contributed by atoms with Crippen LogP contribution >= 0.6 is 0 Å². The van der Waals surface area contributed by atoms with Crippen molar-refractivity contribution in [1.82, 2.24) is 6.15 Å². The number of rotatable bonds is 8. The van der Waals surface area contributed by atoms with Crippen LogP contribution in [0.25, 0.3) is 0 Å². The minimum Gasteiger partial charge on any atom is -0.344 e. The molecule has 4 N–H and O–H groups in total. The molecule has 0 bridgehead atoms. The Morgan fingerprint density at radius 2 is 1.19 bits per heavy atom. The lowest BCUT2D eigenvalue weighted by atomic mass is 9.97. The van der Waals surface area contributed by atoms with Gasteiger partial charge in [-0.1, -0.05) is 0 Å². The summed E-state index contributed by atoms with van der Waals surface area (Å²) < 4.78 is 180. The molecule has 0 saturated heterocycles. The Labute approximate surface area is 137 Å². The fraction of sp³-hybridized carbons (Fsp3) is 1.00. The van der Waals surface area contributed by atoms with Crippen molar-refractivity contribution < 1.29 is 65.7 Å². The Morgan fingerprint density at radius 1 is 0.808 bits per heavy atom. The van der Waals surface area contributed by atoms with E-state index in [0.29, 0.717) is 0 Å². The van der Waals surface area contributed by atoms with Gasteiger partial charge in [0.1, 0.15) is 0 Å². The second kappa shape index (κ2) is 7.57. The molecule has 0 aliphatic rings. The van der Waals surface area contributed by atoms with Gasteiger partial charge in [-0.3, -0.25) is 4.55 Å². The Hall–Kier alpha value is -0.970. The van der Waals surface area contributed by atoms with Gasteiger partial charge >= 0.3 is 39.3 Å². The molecule has 0 fully saturated rings. The Morgan fingerprint density at radius 3 is 1.50 bits per heavy atom. The molecule has 1 atom stereocenters. The quantitative estimate of drug-likeness (QED) is 0.426. The predicted octanol–water partition coefficient (Wildman–Crippen LogP) is 4.61. The van der Waals surface area contributed by atoms with Gasteiger partial charge in [0.05, 0.1) is 0 Å². The maximum Gasteiger partial charge on any atom is 0.438 e. The van der Waals surface area contributed by atoms with Crippen LogP contribution in [0, 0.1) is 0 Å². The van der Waals surface area contributed by atoms with Crippen LogP contribution in [-0.2, 0) is 10.1 Å². The normalized spacial score (nSPS) is 16.2. The molecule has 0 spiro atoms. The largest absolute Gasteiger partial charge is 0.438 e. The van der Waals surface area contributed by atoms with Crippen molar-refractivity contribution in [2.75, 3.05) is 0 Å². The van der Waals surface area contributed by atoms with Crippen LogP contribution in [0.4, 0.5) is 52.7 Å². The van der Waals surface area contributed by atoms with Gasteiger partial charge in [0, 0.05) is 6.42 Å². The van der Waals surface area contributed by atoms with Crippen LogP contribution in [0.5, 0.6) is 0 Å². The van der Waals surface area contributed by atoms with Gasteiger partial charge in [0.2, 0.25) is 0 Å². The first-order valence-electron chi connectivity index (χ1n) is 5.82. The Bertz CT molecular complexity index is 573. The molecule has 0 aliphatic carbocycles. The molecular weight excluding hydrogens is 430 g/mol. The lowest BCUT2D eigenvalue weighted by molar-refractivity contribution is -0.359. The third kappa shape index (κ3) is 4.85. The van der Waals surface area contributed by atoms with Crippen LogP contribution in [0.15, 0.2) is 0 Å². The molecule has 0 aromatic rings. The van der Waals surface area contributed by atoms with E-state index in [0.717, 1.165) is 0 Å². The van der Waals surface area contributed by atoms with E-state index >= 15 is 0 Å². The predicted molar refractivity (Wildman–Crippen MR) is 61.2 cm³/mol. The van der Waals surface area contributed by atoms with Crippen molar-refractivity contribution in [2.45, 2.75) is 54.6 Å². The van der Waals surface area contributed by atoms with Crippen molar-refractivity contribution in [1.29, 1.82) is 0 Å². The summed E-state index contributed by atoms with van der Waals surface area (Å²) in [4.78, 5) is 0. The third-order valence-corrected chi connectivity index (χ3v) is 3.72. The molecule has 160 valence electrons. The standard InChI is InChI=1S/C9H8F12O3S.H3N/c10-4(2-1-3-5(11,12)13)6(14,15)7(16,17)8(18,19)9(20,21)25(22,23)24;/h4H,1-3H2,(H,22,23,24);1H3. The molecule has 26 heavy (non-hydrogen) atoms. The molecule has 0 aromatic heterocycles. The molecule has 0 amide bonds. The van der Waals surface area contributed by atoms with E-state index in [9.17, 15) is 61.1 Å². The second-order valence-electron chi connectivity index (χ2n) is 4.74. The van der Waals surface area contributed by atoms with Crippen molar-refractivity contribution in [3.8, 4) is 0 Å². The molecule has 0 aromatic carbocycles. The van der Waals surface area contributed by atoms with Gasteiger partial charge in [-0.2, -0.15) is 56.7 Å². The topological polar surface area (TPSA) is 89.4 Å². The van der Waals surface area contributed by atoms with Gasteiger partial charge < -0.3 is 6.15 Å². The van der Waals surface area contributed by atoms with E-state index in [4.69, 9.17) is 4.55 Å². The highest BCUT2D eigenvalue weighted by Crippen LogP contribution is 2.55. The average Bonchev–Trinajstić information content (AvgIpc) is 2.34. The minimum absolute atomic E-state index is 0. The zero-order valence-electron chi connectivity index (χ0n) is 12.1. The maximum atomic E-state index is 13.1. The van der Waals surface area contributed by atoms with E-state index < -0.39 is 64.8 Å². The first-order chi connectivity index (χ1) is 10.6. The zero-order valence-corrected chi connectivity index (χ0v) is 12.9. The number of halogens is 12. The lowest BCUT2D eigenvalue weighted by Crippen LogP contribution is -2.66. The highest BCUT2D eigenvalue weighted by molar-refractivity contribution is 7.87. The molecule has 0 rings (SSSR count). The van der Waals surface area contributed by atoms with Crippen molar-refractivity contribution in [3.63, 3.8) is 0 Å². The van der Waals surface area contributed by atoms with E-state index in [1.54, 1.807) is 0 Å². The Kier molecular flexibility index (Phi) is 7.93. The summed E-state index contributed by atoms with van der Waals surface area (Å²) in [6.45, 7) is 0. The summed E-state index contributed by atoms with van der Waals surface area (Å²) in [5.41, 5.74) is 0. The number of hydrogen-bond acceptors (Lipinski definition) is 3. The molecule has 0 radical (unpaired) electrons. The summed E-state index contributed by atoms with van der Waals surface area (Å²) in [6, 6.07) is 0. The highest BCUT2D eigenvalue weighted by Gasteiger charge is 2.85. The summed E-state index contributed by atoms with van der Waals surface area (Å²) >= 11 is 0. The average molecular weight is 441 g/mol. The van der Waals surface area contributed by atoms with Crippen LogP contribution in [0.2, 0.25) is 0 Å². The van der Waals surface area contributed by atoms with Gasteiger partial charge in [0.15, 0.2) is 6.17 Å². The molecule has 0 heterocycles. The van der Waals surface area contributed by atoms with Gasteiger partial charge in [0.25, 0.3) is 0 Å². The summed E-state index contributed by atoms with van der Waals surface area (Å²) in [5.74, 6) is -21.6. The first-order valence-corrected chi connectivity index (χ1v) is 7.26. The summed E-state index contributed by atoms with van der Waals surface area (Å²) in [5, 5.41) is -7.14. The van der Waals surface area contributed by atoms with Crippen molar-refractivity contribution in [2.24, 2.45) is 0 Å². The fourth-order valence-corrected chi connectivity index (χ4v) is 1.87. The maximum absolute atomic E-state index is 13.1. The summed E-state index contributed by atoms with van der Waals surface area (Å²) in [6.07, 6.45) is -15.1. The minimum atomic E-state index is -7.49. The van der Waals surface area contributed by atoms with Crippen LogP contribution < -0.4 is 6.15 Å². The SMILES string of the molecule is N.O=S(=O)(O)C(F)(F)C(F)(F)C(F)(F)C(F)(F)C(F)CCCC(F)(F)F. The van der Waals surface area contributed by atoms with Gasteiger partial charge in [-0.05, 0) is 12.8 Å². The highest BCUT2D eigenvalue weighted by atomic mass is 32.2. The van der Waals surface area contributed by atoms with Crippen molar-refractivity contribution >= 4 is 10.1 Å². The lowest BCUT2D eigenvalue weighted by Gasteiger charge is -2.36. The molecule has 0 saturated carbocycles. The first kappa shape index (κ1) is 27.3. The summed E-state index contributed by atoms with van der Waals surface area (Å²) in [7, 11) is -7.33. The third-order valence-electron chi connectivity index (χ3n) is 2.81. The Balaban J connectivity index is 0. The van der Waals surface area contributed by atoms with E-state index in [-0.39, 0.29) is 6.15 Å². The second-order valence-corrected chi connectivity index (χ2v) is 6.20. The van der Waals surface area contributed by atoms with E-state index in [2.05, 4.69) is 0 Å². The number of hydrogen-bond donors (Lipinski definition) is 2. The molecule has 17 heteroatoms. The van der Waals surface area contributed by atoms with Gasteiger partial charge in [-0.15, -0.1) is 0 Å².